The summed E-state index contributed by atoms with van der Waals surface area (Å²) in [5.74, 6) is 0.912. The molecule has 0 radical (unpaired) electrons. The number of rotatable bonds is 3. The van der Waals surface area contributed by atoms with Gasteiger partial charge in [0.05, 0.1) is 7.11 Å². The highest BCUT2D eigenvalue weighted by molar-refractivity contribution is 5.52. The number of nitriles is 1. The molecule has 2 rings (SSSR count). The van der Waals surface area contributed by atoms with E-state index >= 15 is 0 Å². The molecular formula is C13H12N4O2. The quantitative estimate of drug-likeness (QED) is 0.844. The molecule has 0 aliphatic carbocycles. The van der Waals surface area contributed by atoms with E-state index in [4.69, 9.17) is 20.5 Å². The molecule has 0 atom stereocenters. The van der Waals surface area contributed by atoms with E-state index < -0.39 is 0 Å². The van der Waals surface area contributed by atoms with Crippen molar-refractivity contribution < 1.29 is 9.47 Å². The molecule has 0 unspecified atom stereocenters. The second kappa shape index (κ2) is 5.23. The summed E-state index contributed by atoms with van der Waals surface area (Å²) in [6.07, 6.45) is 0. The fourth-order valence-corrected chi connectivity index (χ4v) is 1.52. The highest BCUT2D eigenvalue weighted by Gasteiger charge is 2.09. The number of aromatic nitrogens is 2. The van der Waals surface area contributed by atoms with E-state index in [1.165, 1.54) is 7.11 Å². The highest BCUT2D eigenvalue weighted by Crippen LogP contribution is 2.31. The van der Waals surface area contributed by atoms with Gasteiger partial charge in [-0.1, -0.05) is 0 Å². The van der Waals surface area contributed by atoms with Crippen LogP contribution in [0.4, 0.5) is 5.69 Å². The Morgan fingerprint density at radius 2 is 2.00 bits per heavy atom. The number of hydrogen-bond acceptors (Lipinski definition) is 6. The van der Waals surface area contributed by atoms with Crippen LogP contribution in [0.15, 0.2) is 24.3 Å². The summed E-state index contributed by atoms with van der Waals surface area (Å²) in [6, 6.07) is 8.60. The van der Waals surface area contributed by atoms with Crippen LogP contribution in [0.5, 0.6) is 17.5 Å². The topological polar surface area (TPSA) is 94.0 Å². The molecule has 0 aliphatic heterocycles. The minimum absolute atomic E-state index is 0.0838. The lowest BCUT2D eigenvalue weighted by atomic mass is 10.3. The number of nitrogens with two attached hydrogens (primary N) is 1. The zero-order valence-electron chi connectivity index (χ0n) is 10.5. The zero-order chi connectivity index (χ0) is 13.8. The molecule has 1 heterocycles. The Morgan fingerprint density at radius 1 is 1.21 bits per heavy atom. The number of nitrogens with zero attached hydrogens (tertiary/aromatic N) is 3. The largest absolute Gasteiger partial charge is 0.493 e. The second-order valence-corrected chi connectivity index (χ2v) is 3.80. The van der Waals surface area contributed by atoms with E-state index in [0.29, 0.717) is 22.9 Å². The minimum Gasteiger partial charge on any atom is -0.493 e. The standard InChI is InChI=1S/C13H12N4O2/c1-8-5-10(7-14)17-13(16-8)19-12-6-9(15)3-4-11(12)18-2/h3-6H,15H2,1-2H3. The predicted molar refractivity (Wildman–Crippen MR) is 69.0 cm³/mol. The molecule has 0 aliphatic rings. The summed E-state index contributed by atoms with van der Waals surface area (Å²) in [6.45, 7) is 1.76. The van der Waals surface area contributed by atoms with E-state index in [1.54, 1.807) is 31.2 Å². The molecule has 0 spiro atoms. The summed E-state index contributed by atoms with van der Waals surface area (Å²) >= 11 is 0. The van der Waals surface area contributed by atoms with Crippen molar-refractivity contribution in [2.45, 2.75) is 6.92 Å². The van der Waals surface area contributed by atoms with Gasteiger partial charge in [-0.2, -0.15) is 10.2 Å². The fraction of sp³-hybridized carbons (Fsp3) is 0.154. The number of aryl methyl sites for hydroxylation is 1. The van der Waals surface area contributed by atoms with E-state index in [1.807, 2.05) is 6.07 Å². The first kappa shape index (κ1) is 12.6. The van der Waals surface area contributed by atoms with Crippen LogP contribution in [0.2, 0.25) is 0 Å². The summed E-state index contributed by atoms with van der Waals surface area (Å²) in [5, 5.41) is 8.86. The van der Waals surface area contributed by atoms with Crippen molar-refractivity contribution in [3.05, 3.63) is 35.7 Å². The van der Waals surface area contributed by atoms with Crippen molar-refractivity contribution in [2.24, 2.45) is 0 Å². The van der Waals surface area contributed by atoms with Gasteiger partial charge in [0, 0.05) is 17.4 Å². The Morgan fingerprint density at radius 3 is 2.68 bits per heavy atom. The van der Waals surface area contributed by atoms with Crippen LogP contribution in [0.3, 0.4) is 0 Å². The molecule has 0 amide bonds. The fourth-order valence-electron chi connectivity index (χ4n) is 1.52. The first-order chi connectivity index (χ1) is 9.12. The third kappa shape index (κ3) is 2.90. The lowest BCUT2D eigenvalue weighted by Crippen LogP contribution is -1.98. The summed E-state index contributed by atoms with van der Waals surface area (Å²) < 4.78 is 10.7. The van der Waals surface area contributed by atoms with Gasteiger partial charge in [0.2, 0.25) is 0 Å². The van der Waals surface area contributed by atoms with Crippen LogP contribution >= 0.6 is 0 Å². The molecule has 1 aromatic carbocycles. The lowest BCUT2D eigenvalue weighted by Gasteiger charge is -2.09. The molecule has 0 fully saturated rings. The van der Waals surface area contributed by atoms with Crippen molar-refractivity contribution in [1.29, 1.82) is 5.26 Å². The monoisotopic (exact) mass is 256 g/mol. The second-order valence-electron chi connectivity index (χ2n) is 3.80. The maximum Gasteiger partial charge on any atom is 0.323 e. The van der Waals surface area contributed by atoms with Crippen LogP contribution in [0.25, 0.3) is 0 Å². The molecule has 1 aromatic heterocycles. The van der Waals surface area contributed by atoms with Crippen LogP contribution in [-0.2, 0) is 0 Å². The highest BCUT2D eigenvalue weighted by atomic mass is 16.5. The number of benzene rings is 1. The van der Waals surface area contributed by atoms with Crippen molar-refractivity contribution in [2.75, 3.05) is 12.8 Å². The third-order valence-electron chi connectivity index (χ3n) is 2.34. The van der Waals surface area contributed by atoms with E-state index in [-0.39, 0.29) is 11.7 Å². The van der Waals surface area contributed by atoms with Crippen LogP contribution in [0, 0.1) is 18.3 Å². The smallest absolute Gasteiger partial charge is 0.323 e. The van der Waals surface area contributed by atoms with E-state index in [9.17, 15) is 0 Å². The average molecular weight is 256 g/mol. The Hall–Kier alpha value is -2.81. The van der Waals surface area contributed by atoms with Gasteiger partial charge in [-0.15, -0.1) is 0 Å². The molecule has 6 nitrogen and oxygen atoms in total. The summed E-state index contributed by atoms with van der Waals surface area (Å²) in [5.41, 5.74) is 7.11. The van der Waals surface area contributed by atoms with Crippen molar-refractivity contribution in [3.8, 4) is 23.6 Å². The van der Waals surface area contributed by atoms with Gasteiger partial charge in [-0.25, -0.2) is 4.98 Å². The van der Waals surface area contributed by atoms with Crippen molar-refractivity contribution >= 4 is 5.69 Å². The third-order valence-corrected chi connectivity index (χ3v) is 2.34. The molecule has 2 N–H and O–H groups in total. The normalized spacial score (nSPS) is 9.74. The van der Waals surface area contributed by atoms with Crippen LogP contribution in [-0.4, -0.2) is 17.1 Å². The molecule has 96 valence electrons. The summed E-state index contributed by atoms with van der Waals surface area (Å²) in [7, 11) is 1.52. The number of nitrogen functional groups attached to an aromatic ring is 1. The average Bonchev–Trinajstić information content (AvgIpc) is 2.38. The SMILES string of the molecule is COc1ccc(N)cc1Oc1nc(C)cc(C#N)n1. The molecule has 6 heteroatoms. The first-order valence-corrected chi connectivity index (χ1v) is 5.49. The Labute approximate surface area is 110 Å². The number of hydrogen-bond donors (Lipinski definition) is 1. The van der Waals surface area contributed by atoms with Gasteiger partial charge < -0.3 is 15.2 Å². The first-order valence-electron chi connectivity index (χ1n) is 5.49. The lowest BCUT2D eigenvalue weighted by molar-refractivity contribution is 0.367. The van der Waals surface area contributed by atoms with Gasteiger partial charge in [-0.3, -0.25) is 0 Å². The number of ether oxygens (including phenoxy) is 2. The Balaban J connectivity index is 2.38. The minimum atomic E-state index is 0.0838. The van der Waals surface area contributed by atoms with E-state index in [2.05, 4.69) is 9.97 Å². The Kier molecular flexibility index (Phi) is 3.48. The number of anilines is 1. The van der Waals surface area contributed by atoms with Gasteiger partial charge in [0.1, 0.15) is 11.8 Å². The molecule has 0 saturated heterocycles. The predicted octanol–water partition coefficient (Wildman–Crippen LogP) is 2.04. The van der Waals surface area contributed by atoms with Crippen molar-refractivity contribution in [1.82, 2.24) is 9.97 Å². The summed E-state index contributed by atoms with van der Waals surface area (Å²) in [4.78, 5) is 8.06. The maximum absolute atomic E-state index is 8.86. The van der Waals surface area contributed by atoms with Gasteiger partial charge in [0.25, 0.3) is 0 Å². The molecule has 0 bridgehead atoms. The molecule has 0 saturated carbocycles. The van der Waals surface area contributed by atoms with Gasteiger partial charge >= 0.3 is 6.01 Å². The van der Waals surface area contributed by atoms with Crippen LogP contribution in [0.1, 0.15) is 11.4 Å². The maximum atomic E-state index is 8.86. The molecular weight excluding hydrogens is 244 g/mol. The molecule has 2 aromatic rings. The number of methoxy groups -OCH3 is 1. The van der Waals surface area contributed by atoms with E-state index in [0.717, 1.165) is 0 Å². The van der Waals surface area contributed by atoms with Crippen molar-refractivity contribution in [3.63, 3.8) is 0 Å². The molecule has 19 heavy (non-hydrogen) atoms. The van der Waals surface area contributed by atoms with Gasteiger partial charge in [0.15, 0.2) is 11.5 Å². The van der Waals surface area contributed by atoms with Gasteiger partial charge in [-0.05, 0) is 25.1 Å². The van der Waals surface area contributed by atoms with Crippen LogP contribution < -0.4 is 15.2 Å². The zero-order valence-corrected chi connectivity index (χ0v) is 10.5. The Bertz CT molecular complexity index is 650.